The molecule has 0 aliphatic rings. The minimum absolute atomic E-state index is 0.210. The van der Waals surface area contributed by atoms with Crippen LogP contribution in [0.15, 0.2) is 29.4 Å². The molecule has 0 aliphatic carbocycles. The maximum absolute atomic E-state index is 12.6. The number of amides is 1. The van der Waals surface area contributed by atoms with E-state index in [0.717, 1.165) is 5.56 Å². The number of nitrogens with zero attached hydrogens (tertiary/aromatic N) is 3. The molecular weight excluding hydrogens is 251 g/mol. The molecule has 0 heterocycles. The number of azide groups is 1. The van der Waals surface area contributed by atoms with E-state index in [1.165, 1.54) is 12.1 Å². The number of halogens is 1. The van der Waals surface area contributed by atoms with Gasteiger partial charge in [-0.2, -0.15) is 0 Å². The fourth-order valence-electron chi connectivity index (χ4n) is 1.36. The van der Waals surface area contributed by atoms with Crippen LogP contribution in [-0.2, 0) is 11.2 Å². The Bertz CT molecular complexity index is 444. The maximum Gasteiger partial charge on any atom is 0.407 e. The van der Waals surface area contributed by atoms with Crippen LogP contribution in [-0.4, -0.2) is 25.8 Å². The fraction of sp³-hybridized carbons (Fsp3) is 0.417. The number of hydrogen-bond acceptors (Lipinski definition) is 3. The molecule has 1 N–H and O–H groups in total. The molecular formula is C12H15FN4O2. The van der Waals surface area contributed by atoms with Crippen LogP contribution >= 0.6 is 0 Å². The second-order valence-corrected chi connectivity index (χ2v) is 3.75. The van der Waals surface area contributed by atoms with Gasteiger partial charge in [-0.3, -0.25) is 0 Å². The predicted octanol–water partition coefficient (Wildman–Crippen LogP) is 2.79. The fourth-order valence-corrected chi connectivity index (χ4v) is 1.36. The minimum atomic E-state index is -0.511. The van der Waals surface area contributed by atoms with E-state index in [9.17, 15) is 9.18 Å². The van der Waals surface area contributed by atoms with E-state index in [0.29, 0.717) is 25.9 Å². The summed E-state index contributed by atoms with van der Waals surface area (Å²) in [6, 6.07) is 6.09. The SMILES string of the molecule is [N-]=[N+]=NCCCOC(=O)NCCc1ccc(F)cc1. The van der Waals surface area contributed by atoms with Crippen LogP contribution in [0.3, 0.4) is 0 Å². The minimum Gasteiger partial charge on any atom is -0.450 e. The van der Waals surface area contributed by atoms with Gasteiger partial charge in [0, 0.05) is 18.0 Å². The molecule has 0 saturated carbocycles. The molecule has 0 unspecified atom stereocenters. The van der Waals surface area contributed by atoms with E-state index in [1.807, 2.05) is 0 Å². The van der Waals surface area contributed by atoms with Crippen LogP contribution in [0.4, 0.5) is 9.18 Å². The first-order valence-corrected chi connectivity index (χ1v) is 5.88. The van der Waals surface area contributed by atoms with Gasteiger partial charge in [-0.25, -0.2) is 9.18 Å². The normalized spacial score (nSPS) is 9.53. The zero-order valence-electron chi connectivity index (χ0n) is 10.4. The van der Waals surface area contributed by atoms with E-state index >= 15 is 0 Å². The molecule has 0 spiro atoms. The molecule has 102 valence electrons. The van der Waals surface area contributed by atoms with Crippen molar-refractivity contribution in [1.29, 1.82) is 0 Å². The van der Waals surface area contributed by atoms with Gasteiger partial charge in [0.2, 0.25) is 0 Å². The molecule has 6 nitrogen and oxygen atoms in total. The van der Waals surface area contributed by atoms with E-state index in [1.54, 1.807) is 12.1 Å². The van der Waals surface area contributed by atoms with E-state index in [2.05, 4.69) is 15.3 Å². The standard InChI is InChI=1S/C12H15FN4O2/c13-11-4-2-10(3-5-11)6-8-15-12(18)19-9-1-7-16-17-14/h2-5H,1,6-9H2,(H,15,18). The van der Waals surface area contributed by atoms with Gasteiger partial charge in [-0.1, -0.05) is 17.2 Å². The van der Waals surface area contributed by atoms with Crippen LogP contribution < -0.4 is 5.32 Å². The zero-order chi connectivity index (χ0) is 13.9. The lowest BCUT2D eigenvalue weighted by molar-refractivity contribution is 0.145. The van der Waals surface area contributed by atoms with Crippen molar-refractivity contribution in [2.75, 3.05) is 19.7 Å². The molecule has 0 bridgehead atoms. The summed E-state index contributed by atoms with van der Waals surface area (Å²) in [6.45, 7) is 0.932. The number of alkyl carbamates (subject to hydrolysis) is 1. The predicted molar refractivity (Wildman–Crippen MR) is 68.1 cm³/mol. The lowest BCUT2D eigenvalue weighted by atomic mass is 10.1. The number of carbonyl (C=O) groups is 1. The highest BCUT2D eigenvalue weighted by molar-refractivity contribution is 5.67. The van der Waals surface area contributed by atoms with E-state index in [4.69, 9.17) is 10.3 Å². The van der Waals surface area contributed by atoms with Crippen LogP contribution in [0.1, 0.15) is 12.0 Å². The largest absolute Gasteiger partial charge is 0.450 e. The first-order valence-electron chi connectivity index (χ1n) is 5.88. The van der Waals surface area contributed by atoms with Crippen molar-refractivity contribution in [1.82, 2.24) is 5.32 Å². The van der Waals surface area contributed by atoms with Gasteiger partial charge in [0.15, 0.2) is 0 Å². The maximum atomic E-state index is 12.6. The number of benzene rings is 1. The summed E-state index contributed by atoms with van der Waals surface area (Å²) in [5, 5.41) is 5.89. The van der Waals surface area contributed by atoms with Gasteiger partial charge in [0.25, 0.3) is 0 Å². The van der Waals surface area contributed by atoms with Crippen molar-refractivity contribution in [2.24, 2.45) is 5.11 Å². The number of ether oxygens (including phenoxy) is 1. The summed E-state index contributed by atoms with van der Waals surface area (Å²) in [5.74, 6) is -0.281. The summed E-state index contributed by atoms with van der Waals surface area (Å²) in [5.41, 5.74) is 8.97. The third kappa shape index (κ3) is 6.90. The Balaban J connectivity index is 2.10. The zero-order valence-corrected chi connectivity index (χ0v) is 10.4. The van der Waals surface area contributed by atoms with Crippen molar-refractivity contribution in [2.45, 2.75) is 12.8 Å². The Labute approximate surface area is 110 Å². The van der Waals surface area contributed by atoms with Crippen molar-refractivity contribution in [3.63, 3.8) is 0 Å². The molecule has 1 rings (SSSR count). The molecule has 19 heavy (non-hydrogen) atoms. The number of nitrogens with one attached hydrogen (secondary N) is 1. The number of rotatable bonds is 7. The van der Waals surface area contributed by atoms with E-state index in [-0.39, 0.29) is 12.4 Å². The van der Waals surface area contributed by atoms with Crippen LogP contribution in [0.5, 0.6) is 0 Å². The Morgan fingerprint density at radius 2 is 2.16 bits per heavy atom. The quantitative estimate of drug-likeness (QED) is 0.356. The van der Waals surface area contributed by atoms with E-state index < -0.39 is 6.09 Å². The van der Waals surface area contributed by atoms with Gasteiger partial charge in [0.1, 0.15) is 5.82 Å². The topological polar surface area (TPSA) is 87.1 Å². The van der Waals surface area contributed by atoms with Crippen molar-refractivity contribution < 1.29 is 13.9 Å². The highest BCUT2D eigenvalue weighted by Crippen LogP contribution is 2.02. The van der Waals surface area contributed by atoms with Gasteiger partial charge in [0.05, 0.1) is 6.61 Å². The van der Waals surface area contributed by atoms with Gasteiger partial charge < -0.3 is 10.1 Å². The number of carbonyl (C=O) groups excluding carboxylic acids is 1. The molecule has 0 saturated heterocycles. The van der Waals surface area contributed by atoms with Crippen LogP contribution in [0.2, 0.25) is 0 Å². The first-order chi connectivity index (χ1) is 9.22. The van der Waals surface area contributed by atoms with Gasteiger partial charge >= 0.3 is 6.09 Å². The lowest BCUT2D eigenvalue weighted by Gasteiger charge is -2.06. The Morgan fingerprint density at radius 3 is 2.84 bits per heavy atom. The third-order valence-corrected chi connectivity index (χ3v) is 2.30. The van der Waals surface area contributed by atoms with Crippen LogP contribution in [0.25, 0.3) is 10.4 Å². The summed E-state index contributed by atoms with van der Waals surface area (Å²) in [6.07, 6.45) is 0.590. The third-order valence-electron chi connectivity index (χ3n) is 2.30. The number of hydrogen-bond donors (Lipinski definition) is 1. The highest BCUT2D eigenvalue weighted by Gasteiger charge is 2.01. The Hall–Kier alpha value is -2.27. The Kier molecular flexibility index (Phi) is 6.82. The second-order valence-electron chi connectivity index (χ2n) is 3.75. The molecule has 0 aromatic heterocycles. The average molecular weight is 266 g/mol. The molecule has 0 atom stereocenters. The average Bonchev–Trinajstić information content (AvgIpc) is 2.41. The summed E-state index contributed by atoms with van der Waals surface area (Å²) in [4.78, 5) is 13.8. The Morgan fingerprint density at radius 1 is 1.42 bits per heavy atom. The summed E-state index contributed by atoms with van der Waals surface area (Å²) >= 11 is 0. The first kappa shape index (κ1) is 14.8. The molecule has 0 fully saturated rings. The van der Waals surface area contributed by atoms with Gasteiger partial charge in [-0.05, 0) is 36.1 Å². The molecule has 7 heteroatoms. The monoisotopic (exact) mass is 266 g/mol. The molecule has 1 aromatic rings. The summed E-state index contributed by atoms with van der Waals surface area (Å²) < 4.78 is 17.5. The molecule has 0 radical (unpaired) electrons. The molecule has 1 aromatic carbocycles. The van der Waals surface area contributed by atoms with Crippen molar-refractivity contribution in [3.8, 4) is 0 Å². The second kappa shape index (κ2) is 8.77. The van der Waals surface area contributed by atoms with Gasteiger partial charge in [-0.15, -0.1) is 0 Å². The highest BCUT2D eigenvalue weighted by atomic mass is 19.1. The molecule has 0 aliphatic heterocycles. The molecule has 1 amide bonds. The smallest absolute Gasteiger partial charge is 0.407 e. The van der Waals surface area contributed by atoms with Crippen LogP contribution in [0, 0.1) is 5.82 Å². The van der Waals surface area contributed by atoms with Crippen molar-refractivity contribution >= 4 is 6.09 Å². The lowest BCUT2D eigenvalue weighted by Crippen LogP contribution is -2.26. The van der Waals surface area contributed by atoms with Crippen molar-refractivity contribution in [3.05, 3.63) is 46.1 Å². The summed E-state index contributed by atoms with van der Waals surface area (Å²) in [7, 11) is 0.